The van der Waals surface area contributed by atoms with Crippen LogP contribution in [0.4, 0.5) is 23.0 Å². The number of carbonyl (C=O) groups excluding carboxylic acids is 5. The van der Waals surface area contributed by atoms with Crippen LogP contribution in [0.1, 0.15) is 119 Å². The number of likely N-dealkylation sites (tertiary alicyclic amines) is 2. The largest absolute Gasteiger partial charge is 0.494 e. The quantitative estimate of drug-likeness (QED) is 0.0289. The lowest BCUT2D eigenvalue weighted by Crippen LogP contribution is -2.57. The first-order chi connectivity index (χ1) is 38.9. The number of benzene rings is 2. The molecule has 81 heavy (non-hydrogen) atoms. The Morgan fingerprint density at radius 3 is 2.26 bits per heavy atom. The van der Waals surface area contributed by atoms with Gasteiger partial charge in [0.15, 0.2) is 23.1 Å². The van der Waals surface area contributed by atoms with E-state index in [9.17, 15) is 29.1 Å². The third-order valence-electron chi connectivity index (χ3n) is 14.3. The van der Waals surface area contributed by atoms with Gasteiger partial charge < -0.3 is 46.2 Å². The summed E-state index contributed by atoms with van der Waals surface area (Å²) in [5.74, 6) is 7.02. The molecule has 4 aromatic heterocycles. The number of methoxy groups -OCH3 is 1. The Kier molecular flexibility index (Phi) is 19.5. The number of thiazole rings is 1. The molecular weight excluding hydrogens is 1050 g/mol. The van der Waals surface area contributed by atoms with Crippen LogP contribution in [0.3, 0.4) is 0 Å². The predicted molar refractivity (Wildman–Crippen MR) is 309 cm³/mol. The number of anilines is 4. The van der Waals surface area contributed by atoms with E-state index >= 15 is 0 Å². The molecule has 0 aliphatic carbocycles. The van der Waals surface area contributed by atoms with Crippen molar-refractivity contribution in [2.24, 2.45) is 18.4 Å². The minimum Gasteiger partial charge on any atom is -0.494 e. The number of pyridine rings is 1. The number of aromatic nitrogens is 7. The molecule has 6 N–H and O–H groups in total. The number of ether oxygens (including phenoxy) is 1. The molecule has 6 aromatic rings. The first kappa shape index (κ1) is 58.8. The van der Waals surface area contributed by atoms with E-state index < -0.39 is 29.5 Å². The Morgan fingerprint density at radius 2 is 1.60 bits per heavy atom. The number of β-amino-alcohol motifs (C(OH)–C–C–N with tert-alkyl or cyclic N) is 1. The fourth-order valence-electron chi connectivity index (χ4n) is 9.78. The van der Waals surface area contributed by atoms with E-state index in [1.807, 2.05) is 93.6 Å². The van der Waals surface area contributed by atoms with Gasteiger partial charge in [-0.3, -0.25) is 28.7 Å². The maximum Gasteiger partial charge on any atom is 0.273 e. The summed E-state index contributed by atoms with van der Waals surface area (Å²) in [5, 5.41) is 38.5. The molecule has 2 aromatic carbocycles. The fraction of sp³-hybridized carbons (Fsp3) is 0.441. The molecule has 6 heterocycles. The SMILES string of the molecule is CNC(=O)c1nnc(Nc2ccc(C#CC3CN(C(=O)CCCCCCCCC(=O)NC(C(=O)N4C[C@H](O)C[C@H]4C(=O)NC(C)c4ccc(-c5scnc5C)cc4)C(C)(C)C)C3)cn2)cc1Nc1cccc(-c2ncn(C)n2)c1OC. The van der Waals surface area contributed by atoms with Crippen molar-refractivity contribution in [2.75, 3.05) is 44.4 Å². The van der Waals surface area contributed by atoms with Gasteiger partial charge in [-0.25, -0.2) is 15.0 Å². The van der Waals surface area contributed by atoms with Crippen LogP contribution in [-0.4, -0.2) is 131 Å². The molecule has 0 saturated carbocycles. The number of rotatable bonds is 22. The zero-order chi connectivity index (χ0) is 57.8. The highest BCUT2D eigenvalue weighted by Crippen LogP contribution is 2.38. The van der Waals surface area contributed by atoms with Gasteiger partial charge in [0, 0.05) is 70.8 Å². The molecular formula is C59H72N14O7S. The highest BCUT2D eigenvalue weighted by atomic mass is 32.1. The second kappa shape index (κ2) is 26.8. The Labute approximate surface area is 476 Å². The van der Waals surface area contributed by atoms with E-state index in [-0.39, 0.29) is 60.7 Å². The lowest BCUT2D eigenvalue weighted by atomic mass is 9.85. The van der Waals surface area contributed by atoms with Crippen LogP contribution in [0.15, 0.2) is 78.7 Å². The normalized spacial score (nSPS) is 15.9. The van der Waals surface area contributed by atoms with Crippen molar-refractivity contribution in [3.05, 3.63) is 101 Å². The summed E-state index contributed by atoms with van der Waals surface area (Å²) in [7, 11) is 4.84. The first-order valence-electron chi connectivity index (χ1n) is 27.4. The van der Waals surface area contributed by atoms with E-state index in [0.29, 0.717) is 66.1 Å². The van der Waals surface area contributed by atoms with E-state index in [1.165, 1.54) is 11.9 Å². The summed E-state index contributed by atoms with van der Waals surface area (Å²) in [6.45, 7) is 10.7. The average molecular weight is 1120 g/mol. The van der Waals surface area contributed by atoms with Crippen molar-refractivity contribution in [1.82, 2.24) is 60.7 Å². The summed E-state index contributed by atoms with van der Waals surface area (Å²) >= 11 is 1.58. The maximum absolute atomic E-state index is 14.1. The average Bonchev–Trinajstić information content (AvgIpc) is 4.40. The van der Waals surface area contributed by atoms with Gasteiger partial charge in [-0.15, -0.1) is 21.5 Å². The van der Waals surface area contributed by atoms with Crippen LogP contribution in [0, 0.1) is 30.1 Å². The lowest BCUT2D eigenvalue weighted by Gasteiger charge is -2.36. The number of hydrogen-bond acceptors (Lipinski definition) is 16. The van der Waals surface area contributed by atoms with Gasteiger partial charge in [0.2, 0.25) is 23.6 Å². The highest BCUT2D eigenvalue weighted by molar-refractivity contribution is 7.13. The first-order valence-corrected chi connectivity index (χ1v) is 28.3. The van der Waals surface area contributed by atoms with Crippen molar-refractivity contribution in [2.45, 2.75) is 117 Å². The van der Waals surface area contributed by atoms with Gasteiger partial charge in [0.25, 0.3) is 5.91 Å². The molecule has 426 valence electrons. The van der Waals surface area contributed by atoms with Crippen LogP contribution < -0.4 is 31.3 Å². The topological polar surface area (TPSA) is 264 Å². The molecule has 2 saturated heterocycles. The number of para-hydroxylation sites is 1. The van der Waals surface area contributed by atoms with Crippen LogP contribution in [0.5, 0.6) is 5.75 Å². The third kappa shape index (κ3) is 15.1. The zero-order valence-corrected chi connectivity index (χ0v) is 48.0. The summed E-state index contributed by atoms with van der Waals surface area (Å²) in [6.07, 6.45) is 8.28. The number of hydrogen-bond donors (Lipinski definition) is 6. The molecule has 0 bridgehead atoms. The standard InChI is InChI=1S/C59H72N14O7S/c1-36(40-23-25-41(26-24-40)53-37(2)63-35-81-53)64-56(77)46-28-42(74)33-73(46)58(79)54(59(3,4)5)67-49(75)18-13-11-9-10-12-14-19-50(76)72-31-39(32-72)21-20-38-22-27-47(61-30-38)66-48-29-45(51(69-68-48)57(78)60-6)65-44-17-15-16-43(52(44)80-8)55-62-34-71(7)70-55/h15-17,22-27,29-30,34-36,39,42,46,54,74H,9-14,18-19,28,31-33H2,1-8H3,(H,60,78)(H,64,77)(H,67,75)(H2,61,65,66,68)/t36?,42-,46+,54?/m1/s1. The number of unbranched alkanes of at least 4 members (excludes halogenated alkanes) is 5. The summed E-state index contributed by atoms with van der Waals surface area (Å²) in [6, 6.07) is 16.6. The minimum atomic E-state index is -0.888. The van der Waals surface area contributed by atoms with Crippen molar-refractivity contribution >= 4 is 63.9 Å². The number of amides is 5. The van der Waals surface area contributed by atoms with Crippen LogP contribution >= 0.6 is 11.3 Å². The number of aliphatic hydroxyl groups excluding tert-OH is 1. The molecule has 4 atom stereocenters. The number of carbonyl (C=O) groups is 5. The van der Waals surface area contributed by atoms with Gasteiger partial charge in [0.05, 0.1) is 58.2 Å². The molecule has 0 radical (unpaired) electrons. The van der Waals surface area contributed by atoms with E-state index in [2.05, 4.69) is 68.7 Å². The molecule has 5 amide bonds. The van der Waals surface area contributed by atoms with Crippen LogP contribution in [0.25, 0.3) is 21.8 Å². The van der Waals surface area contributed by atoms with Gasteiger partial charge in [-0.1, -0.05) is 88.6 Å². The van der Waals surface area contributed by atoms with Crippen molar-refractivity contribution in [3.8, 4) is 39.4 Å². The van der Waals surface area contributed by atoms with Crippen LogP contribution in [0.2, 0.25) is 0 Å². The van der Waals surface area contributed by atoms with Crippen LogP contribution in [-0.2, 0) is 26.2 Å². The van der Waals surface area contributed by atoms with Gasteiger partial charge >= 0.3 is 0 Å². The Hall–Kier alpha value is -8.29. The Morgan fingerprint density at radius 1 is 0.864 bits per heavy atom. The lowest BCUT2D eigenvalue weighted by molar-refractivity contribution is -0.144. The molecule has 8 rings (SSSR count). The number of aryl methyl sites for hydroxylation is 2. The predicted octanol–water partition coefficient (Wildman–Crippen LogP) is 7.26. The van der Waals surface area contributed by atoms with E-state index in [4.69, 9.17) is 4.74 Å². The van der Waals surface area contributed by atoms with Gasteiger partial charge in [-0.05, 0) is 67.5 Å². The number of aliphatic hydroxyl groups is 1. The summed E-state index contributed by atoms with van der Waals surface area (Å²) in [5.41, 5.74) is 6.47. The summed E-state index contributed by atoms with van der Waals surface area (Å²) in [4.78, 5) is 84.4. The van der Waals surface area contributed by atoms with Gasteiger partial charge in [0.1, 0.15) is 24.2 Å². The number of nitrogens with one attached hydrogen (secondary N) is 5. The van der Waals surface area contributed by atoms with E-state index in [1.54, 1.807) is 54.8 Å². The second-order valence-electron chi connectivity index (χ2n) is 21.6. The molecule has 21 nitrogen and oxygen atoms in total. The Bertz CT molecular complexity index is 3250. The van der Waals surface area contributed by atoms with Crippen molar-refractivity contribution in [3.63, 3.8) is 0 Å². The van der Waals surface area contributed by atoms with Crippen molar-refractivity contribution < 1.29 is 33.8 Å². The highest BCUT2D eigenvalue weighted by Gasteiger charge is 2.45. The minimum absolute atomic E-state index is 0.00678. The Balaban J connectivity index is 0.718. The molecule has 0 spiro atoms. The summed E-state index contributed by atoms with van der Waals surface area (Å²) < 4.78 is 7.35. The molecule has 2 unspecified atom stereocenters. The van der Waals surface area contributed by atoms with Gasteiger partial charge in [-0.2, -0.15) is 5.10 Å². The molecule has 2 fully saturated rings. The molecule has 2 aliphatic heterocycles. The second-order valence-corrected chi connectivity index (χ2v) is 22.5. The number of nitrogens with zero attached hydrogens (tertiary/aromatic N) is 9. The molecule has 2 aliphatic rings. The smallest absolute Gasteiger partial charge is 0.273 e. The molecule has 22 heteroatoms. The zero-order valence-electron chi connectivity index (χ0n) is 47.2. The third-order valence-corrected chi connectivity index (χ3v) is 15.3. The fourth-order valence-corrected chi connectivity index (χ4v) is 10.6. The van der Waals surface area contributed by atoms with Crippen molar-refractivity contribution in [1.29, 1.82) is 0 Å². The maximum atomic E-state index is 14.1. The monoisotopic (exact) mass is 1120 g/mol. The van der Waals surface area contributed by atoms with E-state index in [0.717, 1.165) is 59.4 Å².